The molecule has 1 atom stereocenters. The smallest absolute Gasteiger partial charge is 0.239 e. The zero-order valence-corrected chi connectivity index (χ0v) is 13.0. The van der Waals surface area contributed by atoms with Crippen molar-refractivity contribution < 1.29 is 9.53 Å². The van der Waals surface area contributed by atoms with Gasteiger partial charge >= 0.3 is 0 Å². The van der Waals surface area contributed by atoms with Crippen LogP contribution in [0.4, 0.5) is 0 Å². The van der Waals surface area contributed by atoms with E-state index in [-0.39, 0.29) is 36.8 Å². The van der Waals surface area contributed by atoms with Gasteiger partial charge in [0.1, 0.15) is 0 Å². The van der Waals surface area contributed by atoms with Crippen molar-refractivity contribution in [3.63, 3.8) is 0 Å². The molecule has 1 heterocycles. The van der Waals surface area contributed by atoms with Gasteiger partial charge in [0.15, 0.2) is 0 Å². The molecule has 1 saturated heterocycles. The van der Waals surface area contributed by atoms with Crippen molar-refractivity contribution >= 4 is 30.7 Å². The molecule has 0 bridgehead atoms. The summed E-state index contributed by atoms with van der Waals surface area (Å²) in [7, 11) is 3.75. The SMILES string of the molecule is CNCCN(C)C(=O)C(C)N1CCOCC1.Cl.Cl. The van der Waals surface area contributed by atoms with Crippen LogP contribution in [0.3, 0.4) is 0 Å². The summed E-state index contributed by atoms with van der Waals surface area (Å²) in [6.45, 7) is 6.74. The van der Waals surface area contributed by atoms with Crippen LogP contribution in [0.25, 0.3) is 0 Å². The van der Waals surface area contributed by atoms with Gasteiger partial charge in [-0.2, -0.15) is 0 Å². The summed E-state index contributed by atoms with van der Waals surface area (Å²) in [5.41, 5.74) is 0. The van der Waals surface area contributed by atoms with Crippen molar-refractivity contribution in [3.8, 4) is 0 Å². The van der Waals surface area contributed by atoms with Gasteiger partial charge in [-0.15, -0.1) is 24.8 Å². The van der Waals surface area contributed by atoms with Crippen LogP contribution in [-0.2, 0) is 9.53 Å². The first kappa shape index (κ1) is 20.3. The number of carbonyl (C=O) groups is 1. The Bertz CT molecular complexity index is 226. The maximum absolute atomic E-state index is 12.1. The molecule has 1 N–H and O–H groups in total. The van der Waals surface area contributed by atoms with Crippen molar-refractivity contribution in [3.05, 3.63) is 0 Å². The van der Waals surface area contributed by atoms with E-state index in [0.717, 1.165) is 39.4 Å². The van der Waals surface area contributed by atoms with Gasteiger partial charge in [0, 0.05) is 33.2 Å². The lowest BCUT2D eigenvalue weighted by atomic mass is 10.2. The molecule has 0 aromatic heterocycles. The van der Waals surface area contributed by atoms with Gasteiger partial charge in [0.05, 0.1) is 19.3 Å². The number of hydrogen-bond acceptors (Lipinski definition) is 4. The minimum atomic E-state index is -0.0363. The number of rotatable bonds is 5. The van der Waals surface area contributed by atoms with Gasteiger partial charge in [-0.3, -0.25) is 9.69 Å². The fraction of sp³-hybridized carbons (Fsp3) is 0.909. The minimum Gasteiger partial charge on any atom is -0.379 e. The summed E-state index contributed by atoms with van der Waals surface area (Å²) in [6, 6.07) is -0.0363. The second kappa shape index (κ2) is 10.8. The summed E-state index contributed by atoms with van der Waals surface area (Å²) in [5, 5.41) is 3.04. The number of nitrogens with one attached hydrogen (secondary N) is 1. The number of hydrogen-bond donors (Lipinski definition) is 1. The molecule has 0 radical (unpaired) electrons. The van der Waals surface area contributed by atoms with E-state index in [1.165, 1.54) is 0 Å². The lowest BCUT2D eigenvalue weighted by molar-refractivity contribution is -0.136. The predicted octanol–water partition coefficient (Wildman–Crippen LogP) is 0.229. The van der Waals surface area contributed by atoms with E-state index < -0.39 is 0 Å². The standard InChI is InChI=1S/C11H23N3O2.2ClH/c1-10(14-6-8-16-9-7-14)11(15)13(3)5-4-12-2;;/h10,12H,4-9H2,1-3H3;2*1H. The van der Waals surface area contributed by atoms with E-state index in [4.69, 9.17) is 4.74 Å². The maximum atomic E-state index is 12.1. The first-order valence-corrected chi connectivity index (χ1v) is 5.88. The van der Waals surface area contributed by atoms with Crippen LogP contribution in [0, 0.1) is 0 Å². The van der Waals surface area contributed by atoms with Crippen LogP contribution < -0.4 is 5.32 Å². The molecule has 1 rings (SSSR count). The lowest BCUT2D eigenvalue weighted by Crippen LogP contribution is -2.50. The van der Waals surface area contributed by atoms with Crippen LogP contribution >= 0.6 is 24.8 Å². The van der Waals surface area contributed by atoms with E-state index in [0.29, 0.717) is 0 Å². The molecule has 0 spiro atoms. The van der Waals surface area contributed by atoms with Crippen LogP contribution in [0.2, 0.25) is 0 Å². The number of ether oxygens (including phenoxy) is 1. The van der Waals surface area contributed by atoms with Crippen LogP contribution in [0.15, 0.2) is 0 Å². The Morgan fingerprint density at radius 3 is 2.44 bits per heavy atom. The summed E-state index contributed by atoms with van der Waals surface area (Å²) < 4.78 is 5.28. The van der Waals surface area contributed by atoms with Crippen molar-refractivity contribution in [2.75, 3.05) is 53.5 Å². The third kappa shape index (κ3) is 6.20. The molecule has 1 aliphatic rings. The third-order valence-electron chi connectivity index (χ3n) is 3.02. The fourth-order valence-corrected chi connectivity index (χ4v) is 1.83. The Labute approximate surface area is 122 Å². The largest absolute Gasteiger partial charge is 0.379 e. The quantitative estimate of drug-likeness (QED) is 0.789. The molecule has 0 saturated carbocycles. The molecular weight excluding hydrogens is 277 g/mol. The van der Waals surface area contributed by atoms with E-state index in [2.05, 4.69) is 10.2 Å². The first-order chi connectivity index (χ1) is 7.66. The number of nitrogens with zero attached hydrogens (tertiary/aromatic N) is 2. The van der Waals surface area contributed by atoms with Crippen molar-refractivity contribution in [1.29, 1.82) is 0 Å². The Balaban J connectivity index is 0. The van der Waals surface area contributed by atoms with Crippen LogP contribution in [0.1, 0.15) is 6.92 Å². The van der Waals surface area contributed by atoms with Gasteiger partial charge < -0.3 is 15.0 Å². The molecule has 110 valence electrons. The number of halogens is 2. The van der Waals surface area contributed by atoms with Crippen molar-refractivity contribution in [2.45, 2.75) is 13.0 Å². The number of carbonyl (C=O) groups excluding carboxylic acids is 1. The highest BCUT2D eigenvalue weighted by Gasteiger charge is 2.25. The third-order valence-corrected chi connectivity index (χ3v) is 3.02. The highest BCUT2D eigenvalue weighted by Crippen LogP contribution is 2.06. The van der Waals surface area contributed by atoms with Crippen molar-refractivity contribution in [2.24, 2.45) is 0 Å². The zero-order valence-electron chi connectivity index (χ0n) is 11.3. The predicted molar refractivity (Wildman–Crippen MR) is 77.9 cm³/mol. The second-order valence-corrected chi connectivity index (χ2v) is 4.19. The average Bonchev–Trinajstić information content (AvgIpc) is 2.35. The molecular formula is C11H25Cl2N3O2. The number of likely N-dealkylation sites (N-methyl/N-ethyl adjacent to an activating group) is 2. The monoisotopic (exact) mass is 301 g/mol. The molecule has 18 heavy (non-hydrogen) atoms. The Morgan fingerprint density at radius 1 is 1.39 bits per heavy atom. The molecule has 1 amide bonds. The molecule has 0 aromatic rings. The lowest BCUT2D eigenvalue weighted by Gasteiger charge is -2.33. The number of amides is 1. The highest BCUT2D eigenvalue weighted by molar-refractivity contribution is 5.85. The molecule has 1 fully saturated rings. The van der Waals surface area contributed by atoms with E-state index in [1.54, 1.807) is 4.90 Å². The van der Waals surface area contributed by atoms with Crippen LogP contribution in [0.5, 0.6) is 0 Å². The topological polar surface area (TPSA) is 44.8 Å². The Hall–Kier alpha value is -0.0700. The van der Waals surface area contributed by atoms with Gasteiger partial charge in [-0.25, -0.2) is 0 Å². The molecule has 1 aliphatic heterocycles. The van der Waals surface area contributed by atoms with E-state index >= 15 is 0 Å². The summed E-state index contributed by atoms with van der Waals surface area (Å²) >= 11 is 0. The summed E-state index contributed by atoms with van der Waals surface area (Å²) in [4.78, 5) is 16.0. The second-order valence-electron chi connectivity index (χ2n) is 4.19. The van der Waals surface area contributed by atoms with Gasteiger partial charge in [0.2, 0.25) is 5.91 Å². The number of morpholine rings is 1. The molecule has 0 aliphatic carbocycles. The minimum absolute atomic E-state index is 0. The van der Waals surface area contributed by atoms with Crippen molar-refractivity contribution in [1.82, 2.24) is 15.1 Å². The van der Waals surface area contributed by atoms with Gasteiger partial charge in [-0.05, 0) is 14.0 Å². The highest BCUT2D eigenvalue weighted by atomic mass is 35.5. The van der Waals surface area contributed by atoms with E-state index in [9.17, 15) is 4.79 Å². The van der Waals surface area contributed by atoms with E-state index in [1.807, 2.05) is 21.0 Å². The molecule has 7 heteroatoms. The Kier molecular flexibility index (Phi) is 12.2. The molecule has 5 nitrogen and oxygen atoms in total. The van der Waals surface area contributed by atoms with Gasteiger partial charge in [0.25, 0.3) is 0 Å². The fourth-order valence-electron chi connectivity index (χ4n) is 1.83. The zero-order chi connectivity index (χ0) is 12.0. The maximum Gasteiger partial charge on any atom is 0.239 e. The van der Waals surface area contributed by atoms with Crippen LogP contribution in [-0.4, -0.2) is 75.2 Å². The molecule has 0 aromatic carbocycles. The summed E-state index contributed by atoms with van der Waals surface area (Å²) in [6.07, 6.45) is 0. The normalized spacial score (nSPS) is 17.3. The summed E-state index contributed by atoms with van der Waals surface area (Å²) in [5.74, 6) is 0.192. The first-order valence-electron chi connectivity index (χ1n) is 5.88. The average molecular weight is 302 g/mol. The van der Waals surface area contributed by atoms with Gasteiger partial charge in [-0.1, -0.05) is 0 Å². The Morgan fingerprint density at radius 2 is 1.94 bits per heavy atom. The molecule has 1 unspecified atom stereocenters.